The monoisotopic (exact) mass is 315 g/mol. The fourth-order valence-corrected chi connectivity index (χ4v) is 3.69. The fourth-order valence-electron chi connectivity index (χ4n) is 2.38. The van der Waals surface area contributed by atoms with Crippen molar-refractivity contribution in [3.05, 3.63) is 65.7 Å². The standard InChI is InChI=1S/C17H17NO3S/c19-17(20)15-11-22-16(18-15)13-6-8-14(9-7-13)21-10-12-4-2-1-3-5-12/h1-9,15-16,18H,10-11H2,(H,19,20)/t15-,16+/m1/s1. The number of carboxylic acid groups (broad SMARTS) is 1. The molecule has 2 aromatic rings. The Morgan fingerprint density at radius 3 is 2.55 bits per heavy atom. The molecule has 0 aromatic heterocycles. The van der Waals surface area contributed by atoms with E-state index in [2.05, 4.69) is 0 Å². The summed E-state index contributed by atoms with van der Waals surface area (Å²) in [6, 6.07) is 17.4. The van der Waals surface area contributed by atoms with Crippen molar-refractivity contribution in [1.82, 2.24) is 0 Å². The zero-order valence-corrected chi connectivity index (χ0v) is 12.8. The molecule has 5 heteroatoms. The second kappa shape index (κ2) is 6.85. The van der Waals surface area contributed by atoms with Crippen molar-refractivity contribution in [2.75, 3.05) is 5.75 Å². The smallest absolute Gasteiger partial charge is 0.159 e. The van der Waals surface area contributed by atoms with Crippen molar-refractivity contribution in [2.24, 2.45) is 0 Å². The number of rotatable bonds is 5. The van der Waals surface area contributed by atoms with Gasteiger partial charge in [0.15, 0.2) is 5.37 Å². The summed E-state index contributed by atoms with van der Waals surface area (Å²) in [5.74, 6) is 0.407. The van der Waals surface area contributed by atoms with Crippen molar-refractivity contribution in [1.29, 1.82) is 0 Å². The summed E-state index contributed by atoms with van der Waals surface area (Å²) in [5, 5.41) is 12.8. The molecule has 0 aliphatic carbocycles. The van der Waals surface area contributed by atoms with E-state index in [-0.39, 0.29) is 5.37 Å². The molecule has 2 N–H and O–H groups in total. The number of carboxylic acids is 1. The molecule has 0 radical (unpaired) electrons. The number of carbonyl (C=O) groups is 1. The number of quaternary nitrogens is 1. The number of ether oxygens (including phenoxy) is 1. The lowest BCUT2D eigenvalue weighted by Crippen LogP contribution is -2.90. The topological polar surface area (TPSA) is 66.0 Å². The maximum Gasteiger partial charge on any atom is 0.159 e. The maximum absolute atomic E-state index is 10.9. The Kier molecular flexibility index (Phi) is 4.65. The lowest BCUT2D eigenvalue weighted by Gasteiger charge is -2.12. The van der Waals surface area contributed by atoms with Crippen LogP contribution >= 0.6 is 11.8 Å². The van der Waals surface area contributed by atoms with Crippen molar-refractivity contribution in [3.63, 3.8) is 0 Å². The van der Waals surface area contributed by atoms with Gasteiger partial charge in [-0.2, -0.15) is 0 Å². The molecule has 0 spiro atoms. The van der Waals surface area contributed by atoms with Gasteiger partial charge in [-0.15, -0.1) is 0 Å². The third-order valence-corrected chi connectivity index (χ3v) is 4.96. The minimum absolute atomic E-state index is 0.117. The van der Waals surface area contributed by atoms with Gasteiger partial charge in [-0.1, -0.05) is 42.1 Å². The number of thioether (sulfide) groups is 1. The third kappa shape index (κ3) is 3.61. The highest BCUT2D eigenvalue weighted by Crippen LogP contribution is 2.28. The van der Waals surface area contributed by atoms with E-state index in [4.69, 9.17) is 4.74 Å². The van der Waals surface area contributed by atoms with E-state index in [1.165, 1.54) is 0 Å². The van der Waals surface area contributed by atoms with E-state index in [9.17, 15) is 9.90 Å². The first-order valence-electron chi connectivity index (χ1n) is 7.16. The van der Waals surface area contributed by atoms with E-state index in [0.29, 0.717) is 12.4 Å². The van der Waals surface area contributed by atoms with Crippen LogP contribution in [0.5, 0.6) is 5.75 Å². The van der Waals surface area contributed by atoms with E-state index in [1.54, 1.807) is 11.8 Å². The molecule has 114 valence electrons. The van der Waals surface area contributed by atoms with Gasteiger partial charge in [0.1, 0.15) is 24.4 Å². The number of aliphatic carboxylic acids is 1. The molecule has 0 amide bonds. The van der Waals surface area contributed by atoms with Crippen molar-refractivity contribution < 1.29 is 20.0 Å². The molecule has 1 saturated heterocycles. The molecule has 3 rings (SSSR count). The van der Waals surface area contributed by atoms with Gasteiger partial charge in [-0.3, -0.25) is 0 Å². The Bertz CT molecular complexity index is 630. The predicted octanol–water partition coefficient (Wildman–Crippen LogP) is 0.693. The van der Waals surface area contributed by atoms with Crippen LogP contribution in [0.25, 0.3) is 0 Å². The normalized spacial score (nSPS) is 20.7. The second-order valence-corrected chi connectivity index (χ2v) is 6.39. The SMILES string of the molecule is O=C([O-])[C@H]1CS[C@@H](c2ccc(OCc3ccccc3)cc2)[NH2+]1. The summed E-state index contributed by atoms with van der Waals surface area (Å²) < 4.78 is 5.75. The zero-order valence-electron chi connectivity index (χ0n) is 12.0. The molecule has 1 fully saturated rings. The van der Waals surface area contributed by atoms with E-state index >= 15 is 0 Å². The summed E-state index contributed by atoms with van der Waals surface area (Å²) in [6.07, 6.45) is 0. The van der Waals surface area contributed by atoms with E-state index in [0.717, 1.165) is 16.9 Å². The van der Waals surface area contributed by atoms with Crippen LogP contribution in [0.3, 0.4) is 0 Å². The van der Waals surface area contributed by atoms with Crippen LogP contribution in [-0.2, 0) is 11.4 Å². The summed E-state index contributed by atoms with van der Waals surface area (Å²) in [4.78, 5) is 10.9. The Balaban J connectivity index is 1.58. The van der Waals surface area contributed by atoms with Gasteiger partial charge in [0, 0.05) is 5.56 Å². The van der Waals surface area contributed by atoms with Crippen LogP contribution in [0.1, 0.15) is 16.5 Å². The van der Waals surface area contributed by atoms with Crippen LogP contribution in [0.2, 0.25) is 0 Å². The van der Waals surface area contributed by atoms with Gasteiger partial charge in [0.2, 0.25) is 0 Å². The molecular weight excluding hydrogens is 298 g/mol. The molecule has 0 bridgehead atoms. The largest absolute Gasteiger partial charge is 0.544 e. The quantitative estimate of drug-likeness (QED) is 0.882. The Morgan fingerprint density at radius 2 is 1.91 bits per heavy atom. The lowest BCUT2D eigenvalue weighted by molar-refractivity contribution is -0.690. The summed E-state index contributed by atoms with van der Waals surface area (Å²) >= 11 is 1.63. The number of hydrogen-bond acceptors (Lipinski definition) is 4. The minimum atomic E-state index is -0.988. The molecule has 2 atom stereocenters. The fraction of sp³-hybridized carbons (Fsp3) is 0.235. The molecular formula is C17H17NO3S. The van der Waals surface area contributed by atoms with Crippen LogP contribution in [0.15, 0.2) is 54.6 Å². The van der Waals surface area contributed by atoms with Crippen LogP contribution < -0.4 is 15.2 Å². The maximum atomic E-state index is 10.9. The van der Waals surface area contributed by atoms with Gasteiger partial charge < -0.3 is 20.0 Å². The summed E-state index contributed by atoms with van der Waals surface area (Å²) in [6.45, 7) is 0.539. The van der Waals surface area contributed by atoms with E-state index < -0.39 is 12.0 Å². The molecule has 1 aliphatic heterocycles. The molecule has 1 heterocycles. The predicted molar refractivity (Wildman–Crippen MR) is 83.1 cm³/mol. The van der Waals surface area contributed by atoms with Gasteiger partial charge in [-0.25, -0.2) is 0 Å². The second-order valence-electron chi connectivity index (χ2n) is 5.22. The van der Waals surface area contributed by atoms with Crippen LogP contribution in [0.4, 0.5) is 0 Å². The highest BCUT2D eigenvalue weighted by molar-refractivity contribution is 7.99. The summed E-state index contributed by atoms with van der Waals surface area (Å²) in [7, 11) is 0. The van der Waals surface area contributed by atoms with Crippen molar-refractivity contribution >= 4 is 17.7 Å². The van der Waals surface area contributed by atoms with Crippen molar-refractivity contribution in [2.45, 2.75) is 18.0 Å². The van der Waals surface area contributed by atoms with Gasteiger partial charge >= 0.3 is 0 Å². The van der Waals surface area contributed by atoms with Gasteiger partial charge in [0.05, 0.1) is 5.75 Å². The minimum Gasteiger partial charge on any atom is -0.544 e. The highest BCUT2D eigenvalue weighted by atomic mass is 32.2. The van der Waals surface area contributed by atoms with Crippen molar-refractivity contribution in [3.8, 4) is 5.75 Å². The zero-order chi connectivity index (χ0) is 15.4. The molecule has 0 unspecified atom stereocenters. The average Bonchev–Trinajstić information content (AvgIpc) is 3.05. The lowest BCUT2D eigenvalue weighted by atomic mass is 10.2. The number of benzene rings is 2. The van der Waals surface area contributed by atoms with Crippen LogP contribution in [0, 0.1) is 0 Å². The molecule has 2 aromatic carbocycles. The van der Waals surface area contributed by atoms with Gasteiger partial charge in [-0.05, 0) is 29.8 Å². The van der Waals surface area contributed by atoms with Gasteiger partial charge in [0.25, 0.3) is 0 Å². The Morgan fingerprint density at radius 1 is 1.18 bits per heavy atom. The first-order valence-corrected chi connectivity index (χ1v) is 8.21. The molecule has 22 heavy (non-hydrogen) atoms. The van der Waals surface area contributed by atoms with Crippen LogP contribution in [-0.4, -0.2) is 17.8 Å². The molecule has 1 aliphatic rings. The number of hydrogen-bond donors (Lipinski definition) is 1. The Labute approximate surface area is 133 Å². The first kappa shape index (κ1) is 14.9. The Hall–Kier alpha value is -1.98. The molecule has 0 saturated carbocycles. The average molecular weight is 315 g/mol. The summed E-state index contributed by atoms with van der Waals surface area (Å²) in [5.41, 5.74) is 2.23. The van der Waals surface area contributed by atoms with E-state index in [1.807, 2.05) is 59.9 Å². The highest BCUT2D eigenvalue weighted by Gasteiger charge is 2.30. The number of nitrogens with two attached hydrogens (primary N) is 1. The number of carbonyl (C=O) groups excluding carboxylic acids is 1. The first-order chi connectivity index (χ1) is 10.7. The third-order valence-electron chi connectivity index (χ3n) is 3.62. The molecule has 4 nitrogen and oxygen atoms in total.